The Labute approximate surface area is 181 Å². The van der Waals surface area contributed by atoms with Gasteiger partial charge in [-0.3, -0.25) is 9.89 Å². The van der Waals surface area contributed by atoms with Gasteiger partial charge in [-0.25, -0.2) is 0 Å². The van der Waals surface area contributed by atoms with Crippen LogP contribution in [-0.4, -0.2) is 62.9 Å². The minimum atomic E-state index is 0. The standard InChI is InChI=1S/C20H34N4O2.HI/c1-6-26-19-11-15(2)7-8-18(19)13-23-20(21-5)22-12-16(3)24-9-10-25-14-17(24)4;/h7-8,11,16-17H,6,9-10,12-14H2,1-5H3,(H2,21,22,23);1H. The molecule has 6 nitrogen and oxygen atoms in total. The van der Waals surface area contributed by atoms with Gasteiger partial charge < -0.3 is 20.1 Å². The zero-order chi connectivity index (χ0) is 18.9. The Balaban J connectivity index is 0.00000364. The predicted octanol–water partition coefficient (Wildman–Crippen LogP) is 2.79. The van der Waals surface area contributed by atoms with Crippen LogP contribution in [0.1, 0.15) is 31.9 Å². The summed E-state index contributed by atoms with van der Waals surface area (Å²) in [6.07, 6.45) is 0. The van der Waals surface area contributed by atoms with Gasteiger partial charge in [-0.15, -0.1) is 24.0 Å². The second kappa shape index (κ2) is 12.4. The number of hydrogen-bond acceptors (Lipinski definition) is 4. The van der Waals surface area contributed by atoms with Gasteiger partial charge >= 0.3 is 0 Å². The molecule has 0 spiro atoms. The van der Waals surface area contributed by atoms with Crippen molar-refractivity contribution in [3.05, 3.63) is 29.3 Å². The molecular weight excluding hydrogens is 455 g/mol. The molecule has 0 amide bonds. The molecule has 1 aromatic carbocycles. The predicted molar refractivity (Wildman–Crippen MR) is 122 cm³/mol. The fraction of sp³-hybridized carbons (Fsp3) is 0.650. The molecule has 27 heavy (non-hydrogen) atoms. The van der Waals surface area contributed by atoms with Gasteiger partial charge in [-0.1, -0.05) is 12.1 Å². The summed E-state index contributed by atoms with van der Waals surface area (Å²) >= 11 is 0. The summed E-state index contributed by atoms with van der Waals surface area (Å²) in [5.74, 6) is 1.74. The number of hydrogen-bond donors (Lipinski definition) is 2. The Kier molecular flexibility index (Phi) is 11.0. The van der Waals surface area contributed by atoms with E-state index in [9.17, 15) is 0 Å². The maximum absolute atomic E-state index is 5.75. The van der Waals surface area contributed by atoms with Crippen LogP contribution in [0.3, 0.4) is 0 Å². The van der Waals surface area contributed by atoms with Crippen molar-refractivity contribution >= 4 is 29.9 Å². The molecule has 0 aromatic heterocycles. The molecule has 7 heteroatoms. The van der Waals surface area contributed by atoms with E-state index in [4.69, 9.17) is 9.47 Å². The Morgan fingerprint density at radius 1 is 1.41 bits per heavy atom. The molecule has 0 bridgehead atoms. The summed E-state index contributed by atoms with van der Waals surface area (Å²) in [4.78, 5) is 6.83. The van der Waals surface area contributed by atoms with Crippen molar-refractivity contribution < 1.29 is 9.47 Å². The van der Waals surface area contributed by atoms with E-state index >= 15 is 0 Å². The number of nitrogens with one attached hydrogen (secondary N) is 2. The van der Waals surface area contributed by atoms with Crippen LogP contribution >= 0.6 is 24.0 Å². The third kappa shape index (κ3) is 7.46. The first kappa shape index (κ1) is 24.0. The van der Waals surface area contributed by atoms with Crippen LogP contribution in [0, 0.1) is 6.92 Å². The van der Waals surface area contributed by atoms with Crippen molar-refractivity contribution in [2.75, 3.05) is 40.0 Å². The highest BCUT2D eigenvalue weighted by Gasteiger charge is 2.23. The molecule has 2 N–H and O–H groups in total. The van der Waals surface area contributed by atoms with Gasteiger partial charge in [0.1, 0.15) is 5.75 Å². The topological polar surface area (TPSA) is 58.1 Å². The first-order chi connectivity index (χ1) is 12.5. The molecular formula is C20H35IN4O2. The first-order valence-electron chi connectivity index (χ1n) is 9.55. The summed E-state index contributed by atoms with van der Waals surface area (Å²) in [6.45, 7) is 13.3. The normalized spacial score (nSPS) is 19.1. The number of guanidine groups is 1. The third-order valence-electron chi connectivity index (χ3n) is 4.74. The molecule has 2 atom stereocenters. The highest BCUT2D eigenvalue weighted by molar-refractivity contribution is 14.0. The second-order valence-electron chi connectivity index (χ2n) is 6.86. The summed E-state index contributed by atoms with van der Waals surface area (Å²) in [5, 5.41) is 6.82. The molecule has 1 aromatic rings. The molecule has 0 radical (unpaired) electrons. The average Bonchev–Trinajstić information content (AvgIpc) is 2.63. The fourth-order valence-corrected chi connectivity index (χ4v) is 3.25. The molecule has 1 aliphatic heterocycles. The zero-order valence-corrected chi connectivity index (χ0v) is 19.6. The molecule has 154 valence electrons. The maximum Gasteiger partial charge on any atom is 0.191 e. The van der Waals surface area contributed by atoms with Crippen LogP contribution in [0.2, 0.25) is 0 Å². The quantitative estimate of drug-likeness (QED) is 0.350. The van der Waals surface area contributed by atoms with E-state index in [0.29, 0.717) is 25.2 Å². The minimum absolute atomic E-state index is 0. The first-order valence-corrected chi connectivity index (χ1v) is 9.55. The Morgan fingerprint density at radius 2 is 2.19 bits per heavy atom. The van der Waals surface area contributed by atoms with Gasteiger partial charge in [-0.05, 0) is 39.3 Å². The lowest BCUT2D eigenvalue weighted by Gasteiger charge is -2.38. The number of morpholine rings is 1. The summed E-state index contributed by atoms with van der Waals surface area (Å²) in [6, 6.07) is 7.18. The largest absolute Gasteiger partial charge is 0.494 e. The van der Waals surface area contributed by atoms with E-state index in [1.165, 1.54) is 5.56 Å². The van der Waals surface area contributed by atoms with Crippen LogP contribution < -0.4 is 15.4 Å². The molecule has 1 fully saturated rings. The van der Waals surface area contributed by atoms with Crippen molar-refractivity contribution in [3.8, 4) is 5.75 Å². The van der Waals surface area contributed by atoms with E-state index in [1.807, 2.05) is 6.92 Å². The van der Waals surface area contributed by atoms with E-state index in [1.54, 1.807) is 7.05 Å². The van der Waals surface area contributed by atoms with Crippen molar-refractivity contribution in [2.24, 2.45) is 4.99 Å². The summed E-state index contributed by atoms with van der Waals surface area (Å²) < 4.78 is 11.3. The van der Waals surface area contributed by atoms with E-state index < -0.39 is 0 Å². The molecule has 2 rings (SSSR count). The van der Waals surface area contributed by atoms with Gasteiger partial charge in [0.25, 0.3) is 0 Å². The Hall–Kier alpha value is -1.06. The molecule has 0 aliphatic carbocycles. The monoisotopic (exact) mass is 490 g/mol. The highest BCUT2D eigenvalue weighted by Crippen LogP contribution is 2.20. The van der Waals surface area contributed by atoms with Gasteiger partial charge in [0.2, 0.25) is 0 Å². The highest BCUT2D eigenvalue weighted by atomic mass is 127. The van der Waals surface area contributed by atoms with E-state index in [2.05, 4.69) is 59.5 Å². The van der Waals surface area contributed by atoms with Crippen LogP contribution in [0.4, 0.5) is 0 Å². The number of nitrogens with zero attached hydrogens (tertiary/aromatic N) is 2. The van der Waals surface area contributed by atoms with Crippen molar-refractivity contribution in [1.82, 2.24) is 15.5 Å². The Bertz CT molecular complexity index is 597. The second-order valence-corrected chi connectivity index (χ2v) is 6.86. The average molecular weight is 490 g/mol. The molecule has 2 unspecified atom stereocenters. The lowest BCUT2D eigenvalue weighted by atomic mass is 10.1. The van der Waals surface area contributed by atoms with Crippen molar-refractivity contribution in [3.63, 3.8) is 0 Å². The van der Waals surface area contributed by atoms with E-state index in [-0.39, 0.29) is 24.0 Å². The summed E-state index contributed by atoms with van der Waals surface area (Å²) in [5.41, 5.74) is 2.34. The molecule has 1 saturated heterocycles. The van der Waals surface area contributed by atoms with Crippen LogP contribution in [0.15, 0.2) is 23.2 Å². The van der Waals surface area contributed by atoms with Gasteiger partial charge in [0, 0.05) is 44.3 Å². The zero-order valence-electron chi connectivity index (χ0n) is 17.2. The van der Waals surface area contributed by atoms with E-state index in [0.717, 1.165) is 43.6 Å². The van der Waals surface area contributed by atoms with Crippen molar-refractivity contribution in [1.29, 1.82) is 0 Å². The van der Waals surface area contributed by atoms with Gasteiger partial charge in [0.15, 0.2) is 5.96 Å². The Morgan fingerprint density at radius 3 is 2.85 bits per heavy atom. The lowest BCUT2D eigenvalue weighted by molar-refractivity contribution is -0.0174. The van der Waals surface area contributed by atoms with Gasteiger partial charge in [-0.2, -0.15) is 0 Å². The summed E-state index contributed by atoms with van der Waals surface area (Å²) in [7, 11) is 1.80. The third-order valence-corrected chi connectivity index (χ3v) is 4.74. The smallest absolute Gasteiger partial charge is 0.191 e. The molecule has 1 aliphatic rings. The van der Waals surface area contributed by atoms with Crippen LogP contribution in [-0.2, 0) is 11.3 Å². The number of aryl methyl sites for hydroxylation is 1. The molecule has 0 saturated carbocycles. The van der Waals surface area contributed by atoms with Crippen LogP contribution in [0.5, 0.6) is 5.75 Å². The van der Waals surface area contributed by atoms with Crippen LogP contribution in [0.25, 0.3) is 0 Å². The van der Waals surface area contributed by atoms with Gasteiger partial charge in [0.05, 0.1) is 19.8 Å². The number of rotatable bonds is 7. The number of benzene rings is 1. The van der Waals surface area contributed by atoms with Crippen molar-refractivity contribution in [2.45, 2.75) is 46.3 Å². The minimum Gasteiger partial charge on any atom is -0.494 e. The fourth-order valence-electron chi connectivity index (χ4n) is 3.25. The lowest BCUT2D eigenvalue weighted by Crippen LogP contribution is -2.52. The number of aliphatic imine (C=N–C) groups is 1. The number of halogens is 1. The number of ether oxygens (including phenoxy) is 2. The maximum atomic E-state index is 5.75. The molecule has 1 heterocycles. The SMILES string of the molecule is CCOc1cc(C)ccc1CNC(=NC)NCC(C)N1CCOCC1C.I.